The average Bonchev–Trinajstić information content (AvgIpc) is 2.92. The highest BCUT2D eigenvalue weighted by Gasteiger charge is 2.28. The summed E-state index contributed by atoms with van der Waals surface area (Å²) in [4.78, 5) is 2.70. The van der Waals surface area contributed by atoms with Gasteiger partial charge in [0.2, 0.25) is 0 Å². The molecule has 1 aliphatic carbocycles. The lowest BCUT2D eigenvalue weighted by Gasteiger charge is -2.27. The Labute approximate surface area is 93.7 Å². The van der Waals surface area contributed by atoms with E-state index in [0.717, 1.165) is 19.1 Å². The lowest BCUT2D eigenvalue weighted by Crippen LogP contribution is -2.37. The molecular formula is C13H24N2. The van der Waals surface area contributed by atoms with Crippen molar-refractivity contribution in [1.82, 2.24) is 10.2 Å². The minimum absolute atomic E-state index is 0.917. The first-order valence-corrected chi connectivity index (χ1v) is 6.43. The smallest absolute Gasteiger partial charge is 0.0196 e. The van der Waals surface area contributed by atoms with Crippen LogP contribution in [0.5, 0.6) is 0 Å². The van der Waals surface area contributed by atoms with Crippen molar-refractivity contribution >= 4 is 0 Å². The Balaban J connectivity index is 1.82. The van der Waals surface area contributed by atoms with Gasteiger partial charge < -0.3 is 5.32 Å². The van der Waals surface area contributed by atoms with Gasteiger partial charge in [0.15, 0.2) is 0 Å². The zero-order chi connectivity index (χ0) is 10.7. The maximum atomic E-state index is 3.33. The predicted octanol–water partition coefficient (Wildman–Crippen LogP) is 2.17. The minimum Gasteiger partial charge on any atom is -0.309 e. The summed E-state index contributed by atoms with van der Waals surface area (Å²) in [5.74, 6) is 0. The Kier molecular flexibility index (Phi) is 3.81. The molecule has 0 unspecified atom stereocenters. The Morgan fingerprint density at radius 3 is 2.60 bits per heavy atom. The van der Waals surface area contributed by atoms with E-state index in [4.69, 9.17) is 0 Å². The summed E-state index contributed by atoms with van der Waals surface area (Å²) in [7, 11) is 0. The molecule has 1 saturated heterocycles. The molecule has 2 nitrogen and oxygen atoms in total. The van der Waals surface area contributed by atoms with Crippen molar-refractivity contribution in [2.45, 2.75) is 45.6 Å². The largest absolute Gasteiger partial charge is 0.309 e. The number of nitrogens with zero attached hydrogens (tertiary/aromatic N) is 1. The molecule has 2 heteroatoms. The van der Waals surface area contributed by atoms with Crippen LogP contribution < -0.4 is 5.32 Å². The summed E-state index contributed by atoms with van der Waals surface area (Å²) >= 11 is 0. The molecule has 15 heavy (non-hydrogen) atoms. The van der Waals surface area contributed by atoms with Crippen LogP contribution in [0.15, 0.2) is 11.1 Å². The van der Waals surface area contributed by atoms with Crippen LogP contribution in [0.4, 0.5) is 0 Å². The maximum Gasteiger partial charge on any atom is 0.0196 e. The second kappa shape index (κ2) is 5.13. The predicted molar refractivity (Wildman–Crippen MR) is 65.1 cm³/mol. The van der Waals surface area contributed by atoms with E-state index in [-0.39, 0.29) is 0 Å². The molecule has 1 heterocycles. The van der Waals surface area contributed by atoms with E-state index in [2.05, 4.69) is 24.1 Å². The maximum absolute atomic E-state index is 3.33. The minimum atomic E-state index is 0.917. The van der Waals surface area contributed by atoms with Gasteiger partial charge in [-0.25, -0.2) is 0 Å². The molecular weight excluding hydrogens is 184 g/mol. The first-order chi connectivity index (χ1) is 7.31. The molecule has 1 aliphatic heterocycles. The van der Waals surface area contributed by atoms with Crippen molar-refractivity contribution in [3.63, 3.8) is 0 Å². The third-order valence-electron chi connectivity index (χ3n) is 3.58. The van der Waals surface area contributed by atoms with Crippen LogP contribution in [-0.4, -0.2) is 37.1 Å². The van der Waals surface area contributed by atoms with Gasteiger partial charge in [0, 0.05) is 25.7 Å². The molecule has 0 radical (unpaired) electrons. The molecule has 2 fully saturated rings. The quantitative estimate of drug-likeness (QED) is 0.673. The molecule has 0 aromatic heterocycles. The molecule has 0 spiro atoms. The van der Waals surface area contributed by atoms with Crippen LogP contribution in [0.25, 0.3) is 0 Å². The molecule has 0 aromatic carbocycles. The second-order valence-electron chi connectivity index (χ2n) is 5.04. The van der Waals surface area contributed by atoms with Gasteiger partial charge in [0.25, 0.3) is 0 Å². The lowest BCUT2D eigenvalue weighted by atomic mass is 10.0. The van der Waals surface area contributed by atoms with Gasteiger partial charge in [-0.05, 0) is 38.3 Å². The zero-order valence-electron chi connectivity index (χ0n) is 10.2. The first-order valence-electron chi connectivity index (χ1n) is 6.43. The van der Waals surface area contributed by atoms with Gasteiger partial charge in [-0.1, -0.05) is 18.9 Å². The van der Waals surface area contributed by atoms with Gasteiger partial charge in [0.05, 0.1) is 0 Å². The second-order valence-corrected chi connectivity index (χ2v) is 5.04. The zero-order valence-corrected chi connectivity index (χ0v) is 10.2. The average molecular weight is 208 g/mol. The molecule has 0 amide bonds. The number of hydrogen-bond donors (Lipinski definition) is 1. The Morgan fingerprint density at radius 1 is 1.40 bits per heavy atom. The van der Waals surface area contributed by atoms with Gasteiger partial charge in [-0.3, -0.25) is 4.90 Å². The first kappa shape index (κ1) is 11.2. The number of nitrogens with one attached hydrogen (secondary N) is 1. The molecule has 1 N–H and O–H groups in total. The third-order valence-corrected chi connectivity index (χ3v) is 3.58. The Hall–Kier alpha value is -0.340. The highest BCUT2D eigenvalue weighted by atomic mass is 15.2. The highest BCUT2D eigenvalue weighted by Crippen LogP contribution is 2.28. The van der Waals surface area contributed by atoms with E-state index in [1.165, 1.54) is 38.8 Å². The van der Waals surface area contributed by atoms with Crippen molar-refractivity contribution in [3.8, 4) is 0 Å². The SMILES string of the molecule is CCCCN(CC(C)=C1CNC1)C1CC1. The van der Waals surface area contributed by atoms with E-state index in [0.29, 0.717) is 0 Å². The van der Waals surface area contributed by atoms with Crippen molar-refractivity contribution in [3.05, 3.63) is 11.1 Å². The van der Waals surface area contributed by atoms with Gasteiger partial charge in [0.1, 0.15) is 0 Å². The summed E-state index contributed by atoms with van der Waals surface area (Å²) in [6, 6.07) is 0.917. The van der Waals surface area contributed by atoms with E-state index >= 15 is 0 Å². The van der Waals surface area contributed by atoms with Crippen molar-refractivity contribution in [2.24, 2.45) is 0 Å². The summed E-state index contributed by atoms with van der Waals surface area (Å²) < 4.78 is 0. The third kappa shape index (κ3) is 3.05. The van der Waals surface area contributed by atoms with Crippen molar-refractivity contribution < 1.29 is 0 Å². The topological polar surface area (TPSA) is 15.3 Å². The van der Waals surface area contributed by atoms with Gasteiger partial charge >= 0.3 is 0 Å². The standard InChI is InChI=1S/C13H24N2/c1-3-4-7-15(13-5-6-13)10-11(2)12-8-14-9-12/h13-14H,3-10H2,1-2H3. The van der Waals surface area contributed by atoms with E-state index < -0.39 is 0 Å². The van der Waals surface area contributed by atoms with Crippen LogP contribution >= 0.6 is 0 Å². The van der Waals surface area contributed by atoms with Crippen LogP contribution in [0.1, 0.15) is 39.5 Å². The van der Waals surface area contributed by atoms with Gasteiger partial charge in [-0.15, -0.1) is 0 Å². The van der Waals surface area contributed by atoms with E-state index in [1.54, 1.807) is 11.1 Å². The molecule has 86 valence electrons. The Morgan fingerprint density at radius 2 is 2.13 bits per heavy atom. The number of rotatable bonds is 6. The number of unbranched alkanes of at least 4 members (excludes halogenated alkanes) is 1. The fraction of sp³-hybridized carbons (Fsp3) is 0.846. The fourth-order valence-corrected chi connectivity index (χ4v) is 2.16. The number of hydrogen-bond acceptors (Lipinski definition) is 2. The van der Waals surface area contributed by atoms with Crippen LogP contribution in [0.3, 0.4) is 0 Å². The summed E-state index contributed by atoms with van der Waals surface area (Å²) in [5, 5.41) is 3.33. The monoisotopic (exact) mass is 208 g/mol. The molecule has 0 aromatic rings. The van der Waals surface area contributed by atoms with Crippen molar-refractivity contribution in [2.75, 3.05) is 26.2 Å². The Bertz CT molecular complexity index is 235. The normalized spacial score (nSPS) is 20.6. The van der Waals surface area contributed by atoms with Crippen LogP contribution in [-0.2, 0) is 0 Å². The molecule has 2 aliphatic rings. The van der Waals surface area contributed by atoms with Crippen molar-refractivity contribution in [1.29, 1.82) is 0 Å². The summed E-state index contributed by atoms with van der Waals surface area (Å²) in [5.41, 5.74) is 3.27. The molecule has 1 saturated carbocycles. The van der Waals surface area contributed by atoms with E-state index in [9.17, 15) is 0 Å². The highest BCUT2D eigenvalue weighted by molar-refractivity contribution is 5.22. The van der Waals surface area contributed by atoms with E-state index in [1.807, 2.05) is 0 Å². The van der Waals surface area contributed by atoms with Crippen LogP contribution in [0.2, 0.25) is 0 Å². The summed E-state index contributed by atoms with van der Waals surface area (Å²) in [6.07, 6.45) is 5.55. The molecule has 0 atom stereocenters. The fourth-order valence-electron chi connectivity index (χ4n) is 2.16. The summed E-state index contributed by atoms with van der Waals surface area (Å²) in [6.45, 7) is 9.40. The molecule has 2 rings (SSSR count). The molecule has 0 bridgehead atoms. The lowest BCUT2D eigenvalue weighted by molar-refractivity contribution is 0.279. The van der Waals surface area contributed by atoms with Crippen LogP contribution in [0, 0.1) is 0 Å². The van der Waals surface area contributed by atoms with Gasteiger partial charge in [-0.2, -0.15) is 0 Å².